The monoisotopic (exact) mass is 912 g/mol. The summed E-state index contributed by atoms with van der Waals surface area (Å²) in [4.78, 5) is 25.3. The van der Waals surface area contributed by atoms with Crippen LogP contribution < -0.4 is 22.1 Å². The normalized spacial score (nSPS) is 16.1. The molecule has 18 heteroatoms. The summed E-state index contributed by atoms with van der Waals surface area (Å²) in [5.74, 6) is 10.4. The van der Waals surface area contributed by atoms with Crippen LogP contribution >= 0.6 is 93.7 Å². The average molecular weight is 914 g/mol. The lowest BCUT2D eigenvalue weighted by molar-refractivity contribution is -0.127. The van der Waals surface area contributed by atoms with Gasteiger partial charge in [-0.1, -0.05) is 68.9 Å². The second-order valence-corrected chi connectivity index (χ2v) is 20.1. The van der Waals surface area contributed by atoms with E-state index in [1.165, 1.54) is 30.8 Å². The SMILES string of the molecule is NCCOCCOCCNC(=O)C(CCCCC(CS)CS)C(CS)CS.NCCOCCOCCNC(=O)C(CCCCC1CSSC1)C1CSSC1. The molecule has 0 aromatic carbocycles. The molecule has 10 nitrogen and oxygen atoms in total. The van der Waals surface area contributed by atoms with Crippen molar-refractivity contribution < 1.29 is 28.5 Å². The van der Waals surface area contributed by atoms with Gasteiger partial charge in [-0.25, -0.2) is 0 Å². The van der Waals surface area contributed by atoms with Crippen LogP contribution in [0.15, 0.2) is 0 Å². The van der Waals surface area contributed by atoms with Crippen molar-refractivity contribution >= 4 is 106 Å². The van der Waals surface area contributed by atoms with Gasteiger partial charge in [0.25, 0.3) is 0 Å². The van der Waals surface area contributed by atoms with E-state index < -0.39 is 0 Å². The first kappa shape index (κ1) is 53.5. The number of hydrogen-bond acceptors (Lipinski definition) is 16. The van der Waals surface area contributed by atoms with Gasteiger partial charge in [0.1, 0.15) is 0 Å². The first-order chi connectivity index (χ1) is 26.4. The zero-order valence-electron chi connectivity index (χ0n) is 32.3. The molecule has 0 aromatic heterocycles. The molecule has 0 radical (unpaired) electrons. The van der Waals surface area contributed by atoms with E-state index >= 15 is 0 Å². The summed E-state index contributed by atoms with van der Waals surface area (Å²) >= 11 is 17.5. The van der Waals surface area contributed by atoms with Crippen molar-refractivity contribution in [2.45, 2.75) is 51.4 Å². The number of thiol groups is 4. The van der Waals surface area contributed by atoms with E-state index in [0.29, 0.717) is 102 Å². The molecule has 2 heterocycles. The van der Waals surface area contributed by atoms with E-state index in [1.54, 1.807) is 0 Å². The van der Waals surface area contributed by atoms with Gasteiger partial charge < -0.3 is 41.0 Å². The van der Waals surface area contributed by atoms with E-state index in [0.717, 1.165) is 61.0 Å². The van der Waals surface area contributed by atoms with Gasteiger partial charge in [0.05, 0.1) is 52.9 Å². The third kappa shape index (κ3) is 27.3. The molecule has 2 aliphatic heterocycles. The summed E-state index contributed by atoms with van der Waals surface area (Å²) in [5.41, 5.74) is 10.7. The van der Waals surface area contributed by atoms with Crippen LogP contribution in [0.5, 0.6) is 0 Å². The molecule has 54 heavy (non-hydrogen) atoms. The molecule has 0 aromatic rings. The van der Waals surface area contributed by atoms with Crippen LogP contribution in [0.2, 0.25) is 0 Å². The van der Waals surface area contributed by atoms with Gasteiger partial charge in [-0.2, -0.15) is 50.5 Å². The number of amides is 2. The fourth-order valence-corrected chi connectivity index (χ4v) is 13.8. The Morgan fingerprint density at radius 3 is 1.59 bits per heavy atom. The van der Waals surface area contributed by atoms with Crippen LogP contribution in [0.4, 0.5) is 0 Å². The van der Waals surface area contributed by atoms with Gasteiger partial charge >= 0.3 is 0 Å². The lowest BCUT2D eigenvalue weighted by Crippen LogP contribution is -2.38. The molecule has 2 fully saturated rings. The molecular formula is C36H72N4O6S8. The molecule has 0 spiro atoms. The van der Waals surface area contributed by atoms with Crippen LogP contribution in [-0.2, 0) is 28.5 Å². The molecule has 2 saturated heterocycles. The molecule has 0 aliphatic carbocycles. The van der Waals surface area contributed by atoms with Gasteiger partial charge in [-0.05, 0) is 72.4 Å². The highest BCUT2D eigenvalue weighted by Crippen LogP contribution is 2.40. The minimum atomic E-state index is -0.0571. The highest BCUT2D eigenvalue weighted by atomic mass is 33.1. The average Bonchev–Trinajstić information content (AvgIpc) is 3.92. The quantitative estimate of drug-likeness (QED) is 0.0234. The number of rotatable bonds is 34. The second kappa shape index (κ2) is 38.7. The predicted molar refractivity (Wildman–Crippen MR) is 251 cm³/mol. The van der Waals surface area contributed by atoms with Crippen molar-refractivity contribution in [1.29, 1.82) is 0 Å². The van der Waals surface area contributed by atoms with Crippen molar-refractivity contribution in [1.82, 2.24) is 10.6 Å². The number of nitrogens with two attached hydrogens (primary N) is 2. The molecule has 0 bridgehead atoms. The molecule has 320 valence electrons. The standard InChI is InChI=1S/C18H34N2O3S4.C18H38N2O3S4/c19-5-7-22-9-10-23-8-6-20-18(21)17(16-13-26-27-14-16)4-2-1-3-15-11-24-25-12-15;19-5-7-22-9-10-23-8-6-20-18(21)17(16(13-26)14-27)4-2-1-3-15(11-24)12-25/h15-17H,1-14,19H2,(H,20,21);15-17,24-27H,1-14,19H2,(H,20,21). The van der Waals surface area contributed by atoms with Crippen molar-refractivity contribution in [3.63, 3.8) is 0 Å². The van der Waals surface area contributed by atoms with Crippen LogP contribution in [0.3, 0.4) is 0 Å². The highest BCUT2D eigenvalue weighted by Gasteiger charge is 2.31. The first-order valence-electron chi connectivity index (χ1n) is 19.6. The number of ether oxygens (including phenoxy) is 4. The number of unbranched alkanes of at least 4 members (excludes halogenated alkanes) is 2. The van der Waals surface area contributed by atoms with Gasteiger partial charge in [0.2, 0.25) is 11.8 Å². The Morgan fingerprint density at radius 1 is 0.593 bits per heavy atom. The van der Waals surface area contributed by atoms with Crippen LogP contribution in [0.1, 0.15) is 51.4 Å². The minimum absolute atomic E-state index is 0.0571. The summed E-state index contributed by atoms with van der Waals surface area (Å²) in [7, 11) is 7.85. The van der Waals surface area contributed by atoms with E-state index in [9.17, 15) is 9.59 Å². The zero-order valence-corrected chi connectivity index (χ0v) is 39.1. The Balaban J connectivity index is 0.000000540. The Labute approximate surface area is 365 Å². The first-order valence-corrected chi connectivity index (χ1v) is 27.1. The number of nitrogens with one attached hydrogen (secondary N) is 2. The molecule has 2 atom stereocenters. The van der Waals surface area contributed by atoms with Crippen molar-refractivity contribution in [3.05, 3.63) is 0 Å². The Bertz CT molecular complexity index is 833. The van der Waals surface area contributed by atoms with Gasteiger partial charge in [0.15, 0.2) is 0 Å². The molecule has 2 unspecified atom stereocenters. The lowest BCUT2D eigenvalue weighted by Gasteiger charge is -2.24. The summed E-state index contributed by atoms with van der Waals surface area (Å²) in [6.45, 7) is 6.38. The van der Waals surface area contributed by atoms with Crippen LogP contribution in [0, 0.1) is 35.5 Å². The maximum Gasteiger partial charge on any atom is 0.223 e. The number of carbonyl (C=O) groups excluding carboxylic acids is 2. The summed E-state index contributed by atoms with van der Waals surface area (Å²) in [5, 5.41) is 6.08. The Morgan fingerprint density at radius 2 is 1.07 bits per heavy atom. The predicted octanol–water partition coefficient (Wildman–Crippen LogP) is 5.52. The summed E-state index contributed by atoms with van der Waals surface area (Å²) < 4.78 is 21.4. The van der Waals surface area contributed by atoms with Crippen molar-refractivity contribution in [2.24, 2.45) is 47.0 Å². The van der Waals surface area contributed by atoms with Gasteiger partial charge in [-0.3, -0.25) is 9.59 Å². The third-order valence-electron chi connectivity index (χ3n) is 9.25. The molecule has 2 rings (SSSR count). The van der Waals surface area contributed by atoms with Crippen molar-refractivity contribution in [3.8, 4) is 0 Å². The molecule has 2 aliphatic rings. The lowest BCUT2D eigenvalue weighted by atomic mass is 9.88. The summed E-state index contributed by atoms with van der Waals surface area (Å²) in [6, 6.07) is 0. The zero-order chi connectivity index (χ0) is 39.5. The largest absolute Gasteiger partial charge is 0.378 e. The third-order valence-corrected chi connectivity index (χ3v) is 16.5. The number of hydrogen-bond donors (Lipinski definition) is 8. The van der Waals surface area contributed by atoms with E-state index in [1.807, 2.05) is 43.2 Å². The number of carbonyl (C=O) groups is 2. The Kier molecular flexibility index (Phi) is 38.3. The maximum absolute atomic E-state index is 12.7. The maximum atomic E-state index is 12.7. The molecule has 6 N–H and O–H groups in total. The molecular weight excluding hydrogens is 841 g/mol. The van der Waals surface area contributed by atoms with Crippen molar-refractivity contribution in [2.75, 3.05) is 125 Å². The highest BCUT2D eigenvalue weighted by molar-refractivity contribution is 8.77. The fraction of sp³-hybridized carbons (Fsp3) is 0.944. The summed E-state index contributed by atoms with van der Waals surface area (Å²) in [6.07, 6.45) is 8.85. The minimum Gasteiger partial charge on any atom is -0.378 e. The topological polar surface area (TPSA) is 147 Å². The fourth-order valence-electron chi connectivity index (χ4n) is 5.93. The van der Waals surface area contributed by atoms with Gasteiger partial charge in [-0.15, -0.1) is 0 Å². The molecule has 2 amide bonds. The smallest absolute Gasteiger partial charge is 0.223 e. The van der Waals surface area contributed by atoms with Gasteiger partial charge in [0, 0.05) is 61.0 Å². The second-order valence-electron chi connectivity index (χ2n) is 13.5. The van der Waals surface area contributed by atoms with Crippen LogP contribution in [0.25, 0.3) is 0 Å². The van der Waals surface area contributed by atoms with E-state index in [-0.39, 0.29) is 29.6 Å². The Hall–Kier alpha value is 1.50. The van der Waals surface area contributed by atoms with Crippen LogP contribution in [-0.4, -0.2) is 137 Å². The molecule has 0 saturated carbocycles. The van der Waals surface area contributed by atoms with E-state index in [2.05, 4.69) is 61.1 Å². The van der Waals surface area contributed by atoms with E-state index in [4.69, 9.17) is 30.4 Å².